The van der Waals surface area contributed by atoms with Crippen molar-refractivity contribution in [2.45, 2.75) is 32.4 Å². The summed E-state index contributed by atoms with van der Waals surface area (Å²) in [6, 6.07) is 8.35. The number of primary amides is 1. The number of nitrogens with zero attached hydrogens (tertiary/aromatic N) is 2. The molecule has 2 rings (SSSR count). The molecule has 1 heterocycles. The lowest BCUT2D eigenvalue weighted by Gasteiger charge is -2.34. The summed E-state index contributed by atoms with van der Waals surface area (Å²) in [7, 11) is 3.49. The number of aliphatic imine (C=N–C) groups is 1. The van der Waals surface area contributed by atoms with Crippen LogP contribution in [0.15, 0.2) is 29.3 Å². The maximum atomic E-state index is 11.1. The number of hydrogen-bond donors (Lipinski definition) is 2. The van der Waals surface area contributed by atoms with Gasteiger partial charge in [0.2, 0.25) is 5.91 Å². The van der Waals surface area contributed by atoms with Gasteiger partial charge in [-0.25, -0.2) is 0 Å². The first-order chi connectivity index (χ1) is 11.6. The van der Waals surface area contributed by atoms with E-state index in [9.17, 15) is 4.79 Å². The van der Waals surface area contributed by atoms with Crippen LogP contribution >= 0.6 is 0 Å². The minimum atomic E-state index is -0.221. The van der Waals surface area contributed by atoms with Crippen LogP contribution in [0.2, 0.25) is 0 Å². The lowest BCUT2D eigenvalue weighted by Crippen LogP contribution is -2.46. The lowest BCUT2D eigenvalue weighted by molar-refractivity contribution is -0.119. The molecule has 1 amide bonds. The number of rotatable bonds is 6. The second-order valence-corrected chi connectivity index (χ2v) is 6.27. The predicted molar refractivity (Wildman–Crippen MR) is 95.5 cm³/mol. The average Bonchev–Trinajstić information content (AvgIpc) is 2.57. The molecule has 6 heteroatoms. The zero-order valence-electron chi connectivity index (χ0n) is 14.6. The van der Waals surface area contributed by atoms with E-state index in [0.29, 0.717) is 18.9 Å². The number of methoxy groups -OCH3 is 1. The number of hydrogen-bond acceptors (Lipinski definition) is 3. The molecule has 0 spiro atoms. The summed E-state index contributed by atoms with van der Waals surface area (Å²) in [6.45, 7) is 3.14. The summed E-state index contributed by atoms with van der Waals surface area (Å²) >= 11 is 0. The Morgan fingerprint density at radius 1 is 1.38 bits per heavy atom. The van der Waals surface area contributed by atoms with Crippen molar-refractivity contribution >= 4 is 11.9 Å². The standard InChI is InChI=1S/C18H28N4O2/c1-20-18(22-9-3-4-16(12-22)10-17(19)23)21-11-14-5-7-15(8-6-14)13-24-2/h5-8,16H,3-4,9-13H2,1-2H3,(H2,19,23)(H,20,21). The second kappa shape index (κ2) is 9.27. The van der Waals surface area contributed by atoms with Gasteiger partial charge in [-0.15, -0.1) is 0 Å². The van der Waals surface area contributed by atoms with Gasteiger partial charge in [0, 0.05) is 40.2 Å². The first-order valence-corrected chi connectivity index (χ1v) is 8.43. The van der Waals surface area contributed by atoms with Crippen molar-refractivity contribution in [3.63, 3.8) is 0 Å². The lowest BCUT2D eigenvalue weighted by atomic mass is 9.95. The molecular weight excluding hydrogens is 304 g/mol. The molecule has 0 saturated carbocycles. The number of ether oxygens (including phenoxy) is 1. The fraction of sp³-hybridized carbons (Fsp3) is 0.556. The first kappa shape index (κ1) is 18.3. The zero-order chi connectivity index (χ0) is 17.4. The Labute approximate surface area is 144 Å². The number of amides is 1. The third-order valence-corrected chi connectivity index (χ3v) is 4.30. The van der Waals surface area contributed by atoms with E-state index in [1.807, 2.05) is 0 Å². The van der Waals surface area contributed by atoms with Gasteiger partial charge in [-0.3, -0.25) is 9.79 Å². The van der Waals surface area contributed by atoms with E-state index in [0.717, 1.165) is 44.0 Å². The van der Waals surface area contributed by atoms with Crippen molar-refractivity contribution in [1.29, 1.82) is 0 Å². The van der Waals surface area contributed by atoms with Crippen molar-refractivity contribution in [3.8, 4) is 0 Å². The van der Waals surface area contributed by atoms with Gasteiger partial charge in [-0.05, 0) is 29.9 Å². The third kappa shape index (κ3) is 5.53. The number of benzene rings is 1. The highest BCUT2D eigenvalue weighted by Gasteiger charge is 2.23. The minimum absolute atomic E-state index is 0.221. The molecule has 1 aromatic carbocycles. The smallest absolute Gasteiger partial charge is 0.217 e. The van der Waals surface area contributed by atoms with Crippen LogP contribution in [-0.2, 0) is 22.7 Å². The van der Waals surface area contributed by atoms with Gasteiger partial charge in [0.05, 0.1) is 6.61 Å². The molecule has 3 N–H and O–H groups in total. The number of carbonyl (C=O) groups excluding carboxylic acids is 1. The van der Waals surface area contributed by atoms with Crippen molar-refractivity contribution in [2.24, 2.45) is 16.6 Å². The Morgan fingerprint density at radius 3 is 2.71 bits per heavy atom. The van der Waals surface area contributed by atoms with Crippen molar-refractivity contribution in [2.75, 3.05) is 27.2 Å². The van der Waals surface area contributed by atoms with Crippen LogP contribution in [0.4, 0.5) is 0 Å². The number of nitrogens with two attached hydrogens (primary N) is 1. The maximum Gasteiger partial charge on any atom is 0.217 e. The van der Waals surface area contributed by atoms with E-state index in [1.165, 1.54) is 5.56 Å². The highest BCUT2D eigenvalue weighted by atomic mass is 16.5. The third-order valence-electron chi connectivity index (χ3n) is 4.30. The van der Waals surface area contributed by atoms with Crippen LogP contribution < -0.4 is 11.1 Å². The van der Waals surface area contributed by atoms with Crippen LogP contribution in [0.1, 0.15) is 30.4 Å². The summed E-state index contributed by atoms with van der Waals surface area (Å²) in [5.41, 5.74) is 7.69. The number of nitrogens with one attached hydrogen (secondary N) is 1. The highest BCUT2D eigenvalue weighted by Crippen LogP contribution is 2.19. The van der Waals surface area contributed by atoms with E-state index < -0.39 is 0 Å². The molecule has 1 atom stereocenters. The predicted octanol–water partition coefficient (Wildman–Crippen LogP) is 1.50. The molecule has 0 radical (unpaired) electrons. The molecule has 0 aromatic heterocycles. The van der Waals surface area contributed by atoms with Crippen LogP contribution in [0, 0.1) is 5.92 Å². The van der Waals surface area contributed by atoms with Gasteiger partial charge in [0.25, 0.3) is 0 Å². The fourth-order valence-corrected chi connectivity index (χ4v) is 3.14. The molecule has 1 aromatic rings. The normalized spacial score (nSPS) is 18.5. The highest BCUT2D eigenvalue weighted by molar-refractivity contribution is 5.80. The zero-order valence-corrected chi connectivity index (χ0v) is 14.6. The summed E-state index contributed by atoms with van der Waals surface area (Å²) in [5.74, 6) is 0.981. The molecule has 0 bridgehead atoms. The van der Waals surface area contributed by atoms with Crippen LogP contribution in [-0.4, -0.2) is 44.0 Å². The van der Waals surface area contributed by atoms with Crippen molar-refractivity contribution in [1.82, 2.24) is 10.2 Å². The van der Waals surface area contributed by atoms with E-state index in [-0.39, 0.29) is 5.91 Å². The quantitative estimate of drug-likeness (QED) is 0.611. The Hall–Kier alpha value is -2.08. The number of carbonyl (C=O) groups is 1. The maximum absolute atomic E-state index is 11.1. The van der Waals surface area contributed by atoms with Gasteiger partial charge < -0.3 is 20.7 Å². The SMILES string of the molecule is CN=C(NCc1ccc(COC)cc1)N1CCCC(CC(N)=O)C1. The van der Waals surface area contributed by atoms with Crippen molar-refractivity contribution < 1.29 is 9.53 Å². The molecule has 1 aliphatic heterocycles. The number of piperidine rings is 1. The number of likely N-dealkylation sites (tertiary alicyclic amines) is 1. The molecule has 132 valence electrons. The van der Waals surface area contributed by atoms with Gasteiger partial charge >= 0.3 is 0 Å². The van der Waals surface area contributed by atoms with Crippen LogP contribution in [0.3, 0.4) is 0 Å². The summed E-state index contributed by atoms with van der Waals surface area (Å²) in [5, 5.41) is 3.41. The minimum Gasteiger partial charge on any atom is -0.380 e. The monoisotopic (exact) mass is 332 g/mol. The summed E-state index contributed by atoms with van der Waals surface area (Å²) in [6.07, 6.45) is 2.57. The second-order valence-electron chi connectivity index (χ2n) is 6.27. The molecule has 1 aliphatic rings. The van der Waals surface area contributed by atoms with E-state index in [1.54, 1.807) is 14.2 Å². The Morgan fingerprint density at radius 2 is 2.08 bits per heavy atom. The van der Waals surface area contributed by atoms with Crippen molar-refractivity contribution in [3.05, 3.63) is 35.4 Å². The molecule has 6 nitrogen and oxygen atoms in total. The average molecular weight is 332 g/mol. The Balaban J connectivity index is 1.88. The van der Waals surface area contributed by atoms with Gasteiger partial charge in [-0.2, -0.15) is 0 Å². The van der Waals surface area contributed by atoms with Crippen LogP contribution in [0.25, 0.3) is 0 Å². The number of guanidine groups is 1. The van der Waals surface area contributed by atoms with E-state index in [4.69, 9.17) is 10.5 Å². The van der Waals surface area contributed by atoms with Crippen LogP contribution in [0.5, 0.6) is 0 Å². The van der Waals surface area contributed by atoms with Gasteiger partial charge in [-0.1, -0.05) is 24.3 Å². The molecular formula is C18H28N4O2. The fourth-order valence-electron chi connectivity index (χ4n) is 3.14. The van der Waals surface area contributed by atoms with Gasteiger partial charge in [0.1, 0.15) is 0 Å². The molecule has 1 saturated heterocycles. The molecule has 24 heavy (non-hydrogen) atoms. The molecule has 0 aliphatic carbocycles. The van der Waals surface area contributed by atoms with E-state index in [2.05, 4.69) is 39.5 Å². The Bertz CT molecular complexity index is 557. The van der Waals surface area contributed by atoms with Gasteiger partial charge in [0.15, 0.2) is 5.96 Å². The summed E-state index contributed by atoms with van der Waals surface area (Å²) in [4.78, 5) is 17.7. The largest absolute Gasteiger partial charge is 0.380 e. The molecule has 1 fully saturated rings. The first-order valence-electron chi connectivity index (χ1n) is 8.43. The molecule has 1 unspecified atom stereocenters. The Kier molecular flexibility index (Phi) is 7.06. The summed E-state index contributed by atoms with van der Waals surface area (Å²) < 4.78 is 5.13. The topological polar surface area (TPSA) is 80.0 Å². The van der Waals surface area contributed by atoms with E-state index >= 15 is 0 Å².